The van der Waals surface area contributed by atoms with Crippen LogP contribution in [0, 0.1) is 11.7 Å². The maximum Gasteiger partial charge on any atom is 0.346 e. The lowest BCUT2D eigenvalue weighted by molar-refractivity contribution is 0.0730. The summed E-state index contributed by atoms with van der Waals surface area (Å²) in [6.07, 6.45) is 9.07. The van der Waals surface area contributed by atoms with Gasteiger partial charge in [-0.15, -0.1) is 0 Å². The molecule has 0 N–H and O–H groups in total. The number of hydrogen-bond acceptors (Lipinski definition) is 3. The molecule has 0 radical (unpaired) electrons. The number of benzene rings is 2. The van der Waals surface area contributed by atoms with Crippen LogP contribution in [0.4, 0.5) is 4.39 Å². The summed E-state index contributed by atoms with van der Waals surface area (Å²) in [5.74, 6) is 0.269. The number of aryl methyl sites for hydroxylation is 1. The third-order valence-corrected chi connectivity index (χ3v) is 5.10. The van der Waals surface area contributed by atoms with Crippen LogP contribution in [-0.2, 0) is 6.42 Å². The monoisotopic (exact) mass is 356 g/mol. The van der Waals surface area contributed by atoms with Gasteiger partial charge in [-0.3, -0.25) is 0 Å². The van der Waals surface area contributed by atoms with Crippen molar-refractivity contribution in [2.75, 3.05) is 7.11 Å². The molecule has 4 heteroatoms. The number of hydrogen-bond donors (Lipinski definition) is 0. The fourth-order valence-corrected chi connectivity index (χ4v) is 3.52. The summed E-state index contributed by atoms with van der Waals surface area (Å²) in [5, 5.41) is 0. The molecule has 0 aliphatic heterocycles. The molecule has 0 spiro atoms. The predicted octanol–water partition coefficient (Wildman–Crippen LogP) is 5.57. The highest BCUT2D eigenvalue weighted by atomic mass is 19.1. The van der Waals surface area contributed by atoms with Crippen molar-refractivity contribution in [1.82, 2.24) is 0 Å². The zero-order valence-electron chi connectivity index (χ0n) is 15.2. The summed E-state index contributed by atoms with van der Waals surface area (Å²) in [5.41, 5.74) is 1.14. The Kier molecular flexibility index (Phi) is 6.26. The van der Waals surface area contributed by atoms with Crippen LogP contribution < -0.4 is 9.47 Å². The second kappa shape index (κ2) is 8.84. The summed E-state index contributed by atoms with van der Waals surface area (Å²) < 4.78 is 24.2. The Hall–Kier alpha value is -2.36. The summed E-state index contributed by atoms with van der Waals surface area (Å²) in [6, 6.07) is 11.6. The molecular formula is C22H25FO3. The first-order valence-electron chi connectivity index (χ1n) is 9.30. The van der Waals surface area contributed by atoms with Gasteiger partial charge in [0.2, 0.25) is 0 Å². The Morgan fingerprint density at radius 1 is 1.04 bits per heavy atom. The lowest BCUT2D eigenvalue weighted by Gasteiger charge is -2.21. The highest BCUT2D eigenvalue weighted by Crippen LogP contribution is 2.28. The molecule has 3 nitrogen and oxygen atoms in total. The topological polar surface area (TPSA) is 35.5 Å². The molecule has 26 heavy (non-hydrogen) atoms. The van der Waals surface area contributed by atoms with E-state index >= 15 is 0 Å². The van der Waals surface area contributed by atoms with Gasteiger partial charge in [-0.25, -0.2) is 9.18 Å². The molecule has 1 aliphatic carbocycles. The zero-order chi connectivity index (χ0) is 18.4. The fraction of sp³-hybridized carbons (Fsp3) is 0.409. The van der Waals surface area contributed by atoms with Crippen molar-refractivity contribution in [3.05, 3.63) is 59.4 Å². The lowest BCUT2D eigenvalue weighted by atomic mass is 9.85. The van der Waals surface area contributed by atoms with Gasteiger partial charge in [0.05, 0.1) is 12.7 Å². The van der Waals surface area contributed by atoms with Gasteiger partial charge in [0.1, 0.15) is 17.3 Å². The van der Waals surface area contributed by atoms with E-state index in [9.17, 15) is 9.18 Å². The number of halogens is 1. The number of carbonyl (C=O) groups is 1. The van der Waals surface area contributed by atoms with E-state index in [-0.39, 0.29) is 5.56 Å². The first kappa shape index (κ1) is 18.4. The van der Waals surface area contributed by atoms with Crippen LogP contribution in [-0.4, -0.2) is 13.1 Å². The summed E-state index contributed by atoms with van der Waals surface area (Å²) >= 11 is 0. The molecule has 138 valence electrons. The molecule has 0 saturated heterocycles. The Morgan fingerprint density at radius 2 is 1.73 bits per heavy atom. The normalized spacial score (nSPS) is 14.8. The van der Waals surface area contributed by atoms with Gasteiger partial charge in [-0.1, -0.05) is 44.2 Å². The van der Waals surface area contributed by atoms with E-state index < -0.39 is 11.8 Å². The average molecular weight is 356 g/mol. The van der Waals surface area contributed by atoms with E-state index in [1.807, 2.05) is 12.1 Å². The van der Waals surface area contributed by atoms with Gasteiger partial charge in [-0.2, -0.15) is 0 Å². The molecule has 0 unspecified atom stereocenters. The quantitative estimate of drug-likeness (QED) is 0.502. The molecule has 0 atom stereocenters. The third-order valence-electron chi connectivity index (χ3n) is 5.10. The number of ether oxygens (including phenoxy) is 2. The molecule has 0 aromatic heterocycles. The SMILES string of the molecule is COc1ccc(C(=O)Oc2ccc(CCC3CCCCC3)cc2)c(F)c1. The van der Waals surface area contributed by atoms with Crippen LogP contribution in [0.2, 0.25) is 0 Å². The minimum Gasteiger partial charge on any atom is -0.497 e. The third kappa shape index (κ3) is 4.84. The molecule has 0 bridgehead atoms. The molecule has 1 aliphatic rings. The predicted molar refractivity (Wildman–Crippen MR) is 99.2 cm³/mol. The van der Waals surface area contributed by atoms with Crippen molar-refractivity contribution in [3.8, 4) is 11.5 Å². The van der Waals surface area contributed by atoms with Gasteiger partial charge in [0.25, 0.3) is 0 Å². The van der Waals surface area contributed by atoms with Gasteiger partial charge in [-0.05, 0) is 48.6 Å². The van der Waals surface area contributed by atoms with E-state index in [0.29, 0.717) is 11.5 Å². The molecule has 0 amide bonds. The second-order valence-electron chi connectivity index (χ2n) is 6.92. The Labute approximate surface area is 154 Å². The van der Waals surface area contributed by atoms with Gasteiger partial charge in [0.15, 0.2) is 0 Å². The number of rotatable bonds is 6. The Balaban J connectivity index is 1.55. The highest BCUT2D eigenvalue weighted by molar-refractivity contribution is 5.91. The van der Waals surface area contributed by atoms with E-state index in [0.717, 1.165) is 12.3 Å². The van der Waals surface area contributed by atoms with Crippen LogP contribution in [0.3, 0.4) is 0 Å². The van der Waals surface area contributed by atoms with Crippen LogP contribution in [0.15, 0.2) is 42.5 Å². The van der Waals surface area contributed by atoms with Crippen molar-refractivity contribution in [2.45, 2.75) is 44.9 Å². The van der Waals surface area contributed by atoms with Crippen LogP contribution in [0.1, 0.15) is 54.4 Å². The minimum absolute atomic E-state index is 0.104. The molecule has 2 aromatic carbocycles. The van der Waals surface area contributed by atoms with E-state index in [2.05, 4.69) is 0 Å². The summed E-state index contributed by atoms with van der Waals surface area (Å²) in [7, 11) is 1.45. The van der Waals surface area contributed by atoms with Crippen LogP contribution in [0.25, 0.3) is 0 Å². The Morgan fingerprint density at radius 3 is 2.38 bits per heavy atom. The van der Waals surface area contributed by atoms with Crippen molar-refractivity contribution in [2.24, 2.45) is 5.92 Å². The molecule has 1 fully saturated rings. The van der Waals surface area contributed by atoms with Crippen molar-refractivity contribution >= 4 is 5.97 Å². The van der Waals surface area contributed by atoms with Gasteiger partial charge >= 0.3 is 5.97 Å². The standard InChI is InChI=1S/C22H25FO3/c1-25-19-13-14-20(21(23)15-19)22(24)26-18-11-9-17(10-12-18)8-7-16-5-3-2-4-6-16/h9-16H,2-8H2,1H3. The maximum absolute atomic E-state index is 14.0. The Bertz CT molecular complexity index is 734. The maximum atomic E-state index is 14.0. The lowest BCUT2D eigenvalue weighted by Crippen LogP contribution is -2.11. The smallest absolute Gasteiger partial charge is 0.346 e. The van der Waals surface area contributed by atoms with Crippen LogP contribution >= 0.6 is 0 Å². The molecular weight excluding hydrogens is 331 g/mol. The largest absolute Gasteiger partial charge is 0.497 e. The number of carbonyl (C=O) groups excluding carboxylic acids is 1. The fourth-order valence-electron chi connectivity index (χ4n) is 3.52. The summed E-state index contributed by atoms with van der Waals surface area (Å²) in [6.45, 7) is 0. The van der Waals surface area contributed by atoms with Gasteiger partial charge in [0, 0.05) is 6.07 Å². The number of esters is 1. The van der Waals surface area contributed by atoms with Crippen molar-refractivity contribution in [1.29, 1.82) is 0 Å². The molecule has 1 saturated carbocycles. The summed E-state index contributed by atoms with van der Waals surface area (Å²) in [4.78, 5) is 12.1. The van der Waals surface area contributed by atoms with Gasteiger partial charge < -0.3 is 9.47 Å². The average Bonchev–Trinajstić information content (AvgIpc) is 2.68. The van der Waals surface area contributed by atoms with Crippen molar-refractivity contribution in [3.63, 3.8) is 0 Å². The number of methoxy groups -OCH3 is 1. The molecule has 2 aromatic rings. The van der Waals surface area contributed by atoms with E-state index in [1.54, 1.807) is 12.1 Å². The molecule has 3 rings (SSSR count). The second-order valence-corrected chi connectivity index (χ2v) is 6.92. The van der Waals surface area contributed by atoms with Crippen LogP contribution in [0.5, 0.6) is 11.5 Å². The minimum atomic E-state index is -0.708. The van der Waals surface area contributed by atoms with E-state index in [4.69, 9.17) is 9.47 Å². The first-order valence-corrected chi connectivity index (χ1v) is 9.30. The van der Waals surface area contributed by atoms with E-state index in [1.165, 1.54) is 69.4 Å². The first-order chi connectivity index (χ1) is 12.7. The molecule has 0 heterocycles. The zero-order valence-corrected chi connectivity index (χ0v) is 15.2. The van der Waals surface area contributed by atoms with Crippen molar-refractivity contribution < 1.29 is 18.7 Å². The highest BCUT2D eigenvalue weighted by Gasteiger charge is 2.16.